The quantitative estimate of drug-likeness (QED) is 0.242. The first-order valence-electron chi connectivity index (χ1n) is 13.0. The van der Waals surface area contributed by atoms with Gasteiger partial charge in [0.15, 0.2) is 0 Å². The van der Waals surface area contributed by atoms with Gasteiger partial charge in [-0.3, -0.25) is 14.7 Å². The highest BCUT2D eigenvalue weighted by molar-refractivity contribution is 5.83. The van der Waals surface area contributed by atoms with E-state index in [9.17, 15) is 23.1 Å². The van der Waals surface area contributed by atoms with Gasteiger partial charge in [0, 0.05) is 30.1 Å². The molecule has 3 atom stereocenters. The summed E-state index contributed by atoms with van der Waals surface area (Å²) >= 11 is 0. The lowest BCUT2D eigenvalue weighted by Gasteiger charge is -2.37. The van der Waals surface area contributed by atoms with Gasteiger partial charge in [0.05, 0.1) is 19.2 Å². The number of carbonyl (C=O) groups is 1. The molecule has 0 saturated carbocycles. The number of nitrogens with zero attached hydrogens (tertiary/aromatic N) is 2. The maximum absolute atomic E-state index is 15.5. The van der Waals surface area contributed by atoms with Crippen LogP contribution >= 0.6 is 0 Å². The molecule has 40 heavy (non-hydrogen) atoms. The van der Waals surface area contributed by atoms with Crippen LogP contribution in [0.1, 0.15) is 43.0 Å². The maximum atomic E-state index is 15.5. The molecule has 0 amide bonds. The van der Waals surface area contributed by atoms with Gasteiger partial charge in [-0.2, -0.15) is 0 Å². The maximum Gasteiger partial charge on any atom is 0.573 e. The summed E-state index contributed by atoms with van der Waals surface area (Å²) in [7, 11) is 1.55. The van der Waals surface area contributed by atoms with E-state index in [2.05, 4.69) is 21.6 Å². The third-order valence-corrected chi connectivity index (χ3v) is 7.13. The third kappa shape index (κ3) is 8.09. The lowest BCUT2D eigenvalue weighted by molar-refractivity contribution is -0.274. The molecule has 1 saturated heterocycles. The number of rotatable bonds is 9. The first-order valence-corrected chi connectivity index (χ1v) is 13.0. The Labute approximate surface area is 229 Å². The Morgan fingerprint density at radius 2 is 2.00 bits per heavy atom. The van der Waals surface area contributed by atoms with Gasteiger partial charge in [0.1, 0.15) is 17.7 Å². The predicted molar refractivity (Wildman–Crippen MR) is 142 cm³/mol. The van der Waals surface area contributed by atoms with Crippen molar-refractivity contribution in [3.05, 3.63) is 65.9 Å². The Hall–Kier alpha value is -3.84. The lowest BCUT2D eigenvalue weighted by Crippen LogP contribution is -2.41. The fourth-order valence-electron chi connectivity index (χ4n) is 5.22. The van der Waals surface area contributed by atoms with Crippen molar-refractivity contribution in [2.45, 2.75) is 38.2 Å². The molecule has 1 aromatic heterocycles. The Balaban J connectivity index is 1.37. The fourth-order valence-corrected chi connectivity index (χ4v) is 5.22. The summed E-state index contributed by atoms with van der Waals surface area (Å²) in [5, 5.41) is 10.2. The van der Waals surface area contributed by atoms with Gasteiger partial charge < -0.3 is 14.6 Å². The van der Waals surface area contributed by atoms with Crippen LogP contribution in [0.3, 0.4) is 0 Å². The number of carboxylic acids is 1. The number of aromatic nitrogens is 1. The second kappa shape index (κ2) is 13.0. The molecule has 1 aliphatic heterocycles. The molecule has 6 nitrogen and oxygen atoms in total. The van der Waals surface area contributed by atoms with Crippen LogP contribution in [0.4, 0.5) is 17.6 Å². The van der Waals surface area contributed by atoms with Crippen LogP contribution in [0.25, 0.3) is 10.9 Å². The van der Waals surface area contributed by atoms with Gasteiger partial charge in [-0.15, -0.1) is 13.2 Å². The first-order chi connectivity index (χ1) is 19.1. The summed E-state index contributed by atoms with van der Waals surface area (Å²) in [6, 6.07) is 12.5. The van der Waals surface area contributed by atoms with Crippen molar-refractivity contribution < 1.29 is 36.9 Å². The van der Waals surface area contributed by atoms with Crippen LogP contribution in [-0.2, 0) is 4.79 Å². The number of alkyl halides is 4. The normalized spacial score (nSPS) is 18.5. The number of hydrogen-bond donors (Lipinski definition) is 1. The highest BCUT2D eigenvalue weighted by atomic mass is 19.4. The summed E-state index contributed by atoms with van der Waals surface area (Å²) in [6.45, 7) is 1.50. The number of likely N-dealkylation sites (tertiary alicyclic amines) is 1. The zero-order chi connectivity index (χ0) is 28.7. The van der Waals surface area contributed by atoms with Crippen molar-refractivity contribution >= 4 is 16.9 Å². The minimum absolute atomic E-state index is 0.0300. The average Bonchev–Trinajstić information content (AvgIpc) is 2.90. The molecular weight excluding hydrogens is 528 g/mol. The smallest absolute Gasteiger partial charge is 0.497 e. The highest BCUT2D eigenvalue weighted by Gasteiger charge is 2.32. The van der Waals surface area contributed by atoms with Crippen LogP contribution in [0, 0.1) is 23.7 Å². The zero-order valence-electron chi connectivity index (χ0n) is 22.0. The number of piperidine rings is 1. The van der Waals surface area contributed by atoms with Crippen LogP contribution in [0.15, 0.2) is 54.7 Å². The Bertz CT molecular complexity index is 1390. The van der Waals surface area contributed by atoms with Crippen LogP contribution in [0.5, 0.6) is 11.5 Å². The summed E-state index contributed by atoms with van der Waals surface area (Å²) < 4.78 is 62.1. The minimum Gasteiger partial charge on any atom is -0.497 e. The molecule has 0 radical (unpaired) electrons. The van der Waals surface area contributed by atoms with Crippen LogP contribution in [-0.4, -0.2) is 54.1 Å². The molecule has 0 bridgehead atoms. The molecule has 4 rings (SSSR count). The Morgan fingerprint density at radius 3 is 2.75 bits per heavy atom. The number of benzene rings is 2. The number of methoxy groups -OCH3 is 1. The topological polar surface area (TPSA) is 71.9 Å². The third-order valence-electron chi connectivity index (χ3n) is 7.13. The van der Waals surface area contributed by atoms with E-state index in [0.717, 1.165) is 0 Å². The van der Waals surface area contributed by atoms with Crippen molar-refractivity contribution in [2.24, 2.45) is 11.8 Å². The minimum atomic E-state index is -4.78. The molecule has 2 heterocycles. The highest BCUT2D eigenvalue weighted by Crippen LogP contribution is 2.36. The van der Waals surface area contributed by atoms with Crippen molar-refractivity contribution in [3.8, 4) is 23.3 Å². The van der Waals surface area contributed by atoms with Crippen molar-refractivity contribution in [2.75, 3.05) is 26.7 Å². The number of halogens is 4. The summed E-state index contributed by atoms with van der Waals surface area (Å²) in [5.41, 5.74) is 1.60. The van der Waals surface area contributed by atoms with E-state index in [1.54, 1.807) is 43.6 Å². The van der Waals surface area contributed by atoms with Crippen molar-refractivity contribution in [1.82, 2.24) is 9.88 Å². The lowest BCUT2D eigenvalue weighted by atomic mass is 9.79. The molecule has 3 aromatic rings. The molecule has 2 aromatic carbocycles. The largest absolute Gasteiger partial charge is 0.573 e. The number of aliphatic carboxylic acids is 1. The molecule has 1 fully saturated rings. The molecule has 1 unspecified atom stereocenters. The molecule has 212 valence electrons. The van der Waals surface area contributed by atoms with E-state index in [0.29, 0.717) is 60.3 Å². The van der Waals surface area contributed by atoms with Gasteiger partial charge in [-0.25, -0.2) is 4.39 Å². The van der Waals surface area contributed by atoms with Gasteiger partial charge in [0.2, 0.25) is 0 Å². The predicted octanol–water partition coefficient (Wildman–Crippen LogP) is 6.40. The second-order valence-corrected chi connectivity index (χ2v) is 9.85. The van der Waals surface area contributed by atoms with E-state index in [4.69, 9.17) is 4.74 Å². The van der Waals surface area contributed by atoms with Gasteiger partial charge in [-0.05, 0) is 85.7 Å². The van der Waals surface area contributed by atoms with Crippen molar-refractivity contribution in [1.29, 1.82) is 0 Å². The number of fused-ring (bicyclic) bond motifs is 1. The average molecular weight is 559 g/mol. The van der Waals surface area contributed by atoms with Gasteiger partial charge in [0.25, 0.3) is 0 Å². The summed E-state index contributed by atoms with van der Waals surface area (Å²) in [5.74, 6) is 5.05. The standard InChI is InChI=1S/C30H30F4N2O4/c1-39-23-8-10-28-26(18-23)25(11-13-35-28)27(31)9-7-21-12-15-36(19-22(21)17-29(37)38)14-3-5-20-4-2-6-24(16-20)40-30(32,33)34/h2,4,6,8,10-11,13,16,18,21-22,27H,7,9,12,14-15,17,19H2,1H3,(H,37,38)/t21-,22+,27?/m1/s1. The van der Waals surface area contributed by atoms with Gasteiger partial charge in [-0.1, -0.05) is 17.9 Å². The van der Waals surface area contributed by atoms with Crippen LogP contribution < -0.4 is 9.47 Å². The number of ether oxygens (including phenoxy) is 2. The monoisotopic (exact) mass is 558 g/mol. The first kappa shape index (κ1) is 29.2. The van der Waals surface area contributed by atoms with Crippen LogP contribution in [0.2, 0.25) is 0 Å². The molecule has 0 aliphatic carbocycles. The number of carboxylic acid groups (broad SMARTS) is 1. The Morgan fingerprint density at radius 1 is 1.18 bits per heavy atom. The number of hydrogen-bond acceptors (Lipinski definition) is 5. The summed E-state index contributed by atoms with van der Waals surface area (Å²) in [4.78, 5) is 17.9. The summed E-state index contributed by atoms with van der Waals surface area (Å²) in [6.07, 6.45) is -2.96. The van der Waals surface area contributed by atoms with E-state index in [-0.39, 0.29) is 30.4 Å². The van der Waals surface area contributed by atoms with E-state index < -0.39 is 18.5 Å². The zero-order valence-corrected chi connectivity index (χ0v) is 22.0. The van der Waals surface area contributed by atoms with E-state index in [1.807, 2.05) is 4.90 Å². The molecule has 1 N–H and O–H groups in total. The van der Waals surface area contributed by atoms with Crippen molar-refractivity contribution in [3.63, 3.8) is 0 Å². The molecular formula is C30H30F4N2O4. The van der Waals surface area contributed by atoms with Gasteiger partial charge >= 0.3 is 12.3 Å². The Kier molecular flexibility index (Phi) is 9.48. The van der Waals surface area contributed by atoms with E-state index in [1.165, 1.54) is 18.2 Å². The SMILES string of the molecule is COc1ccc2nccc(C(F)CC[C@@H]3CCN(CC#Cc4cccc(OC(F)(F)F)c4)C[C@@H]3CC(=O)O)c2c1. The molecule has 1 aliphatic rings. The van der Waals surface area contributed by atoms with E-state index >= 15 is 4.39 Å². The number of pyridine rings is 1. The second-order valence-electron chi connectivity index (χ2n) is 9.85. The molecule has 0 spiro atoms. The fraction of sp³-hybridized carbons (Fsp3) is 0.400. The molecule has 10 heteroatoms.